The lowest BCUT2D eigenvalue weighted by atomic mass is 10.0. The van der Waals surface area contributed by atoms with Crippen molar-refractivity contribution < 1.29 is 14.5 Å². The van der Waals surface area contributed by atoms with Crippen molar-refractivity contribution in [3.05, 3.63) is 67.7 Å². The molecule has 1 unspecified atom stereocenters. The van der Waals surface area contributed by atoms with Crippen molar-refractivity contribution in [3.63, 3.8) is 0 Å². The Morgan fingerprint density at radius 1 is 1.23 bits per heavy atom. The Balaban J connectivity index is 1.61. The molecule has 2 aromatic carbocycles. The standard InChI is InChI=1S/C20H20BrCl2N3O4/c21-19(10-13-9-12(20(24)27)1-4-18(13)26(28)29)25-7-5-14(6-8-25)30-15-2-3-16(22)17(23)11-15/h1-4,9,11,14,19H,5-8,10H2,(H2,24,27). The minimum absolute atomic E-state index is 0.0257. The first kappa shape index (κ1) is 22.8. The first-order valence-electron chi connectivity index (χ1n) is 9.31. The number of halogens is 3. The van der Waals surface area contributed by atoms with Gasteiger partial charge in [-0.1, -0.05) is 39.1 Å². The molecule has 3 rings (SSSR count). The van der Waals surface area contributed by atoms with Crippen molar-refractivity contribution in [2.24, 2.45) is 5.73 Å². The van der Waals surface area contributed by atoms with Crippen LogP contribution >= 0.6 is 39.1 Å². The van der Waals surface area contributed by atoms with Gasteiger partial charge in [0.25, 0.3) is 5.69 Å². The second-order valence-corrected chi connectivity index (χ2v) is 8.90. The number of carbonyl (C=O) groups is 1. The van der Waals surface area contributed by atoms with Crippen LogP contribution < -0.4 is 10.5 Å². The normalized spacial score (nSPS) is 16.2. The van der Waals surface area contributed by atoms with Gasteiger partial charge in [0, 0.05) is 42.8 Å². The van der Waals surface area contributed by atoms with Gasteiger partial charge in [0.2, 0.25) is 5.91 Å². The van der Waals surface area contributed by atoms with E-state index in [2.05, 4.69) is 20.8 Å². The van der Waals surface area contributed by atoms with Gasteiger partial charge in [-0.25, -0.2) is 0 Å². The molecule has 10 heteroatoms. The Morgan fingerprint density at radius 3 is 2.53 bits per heavy atom. The number of rotatable bonds is 7. The van der Waals surface area contributed by atoms with Gasteiger partial charge in [0.15, 0.2) is 0 Å². The Bertz CT molecular complexity index is 952. The molecular weight excluding hydrogens is 497 g/mol. The summed E-state index contributed by atoms with van der Waals surface area (Å²) in [5, 5.41) is 12.3. The summed E-state index contributed by atoms with van der Waals surface area (Å²) in [5.74, 6) is 0.0645. The SMILES string of the molecule is NC(=O)c1ccc([N+](=O)[O-])c(CC(Br)N2CCC(Oc3ccc(Cl)c(Cl)c3)CC2)c1. The van der Waals surface area contributed by atoms with Crippen LogP contribution in [0.3, 0.4) is 0 Å². The van der Waals surface area contributed by atoms with Crippen LogP contribution in [0.5, 0.6) is 5.75 Å². The van der Waals surface area contributed by atoms with Crippen LogP contribution in [-0.2, 0) is 6.42 Å². The van der Waals surface area contributed by atoms with Crippen LogP contribution in [0, 0.1) is 10.1 Å². The van der Waals surface area contributed by atoms with E-state index in [0.29, 0.717) is 27.8 Å². The summed E-state index contributed by atoms with van der Waals surface area (Å²) in [6.45, 7) is 1.51. The van der Waals surface area contributed by atoms with Crippen molar-refractivity contribution in [1.82, 2.24) is 4.90 Å². The fourth-order valence-corrected chi connectivity index (χ4v) is 4.45. The number of piperidine rings is 1. The number of likely N-dealkylation sites (tertiary alicyclic amines) is 1. The van der Waals surface area contributed by atoms with E-state index in [9.17, 15) is 14.9 Å². The number of amides is 1. The molecule has 1 amide bonds. The monoisotopic (exact) mass is 515 g/mol. The highest BCUT2D eigenvalue weighted by Crippen LogP contribution is 2.30. The van der Waals surface area contributed by atoms with Gasteiger partial charge in [0.1, 0.15) is 11.9 Å². The van der Waals surface area contributed by atoms with Crippen LogP contribution in [-0.4, -0.2) is 39.9 Å². The molecule has 0 spiro atoms. The lowest BCUT2D eigenvalue weighted by Gasteiger charge is -2.35. The number of ether oxygens (including phenoxy) is 1. The predicted octanol–water partition coefficient (Wildman–Crippen LogP) is 4.81. The number of primary amides is 1. The van der Waals surface area contributed by atoms with Gasteiger partial charge in [-0.15, -0.1) is 0 Å². The van der Waals surface area contributed by atoms with E-state index in [-0.39, 0.29) is 22.3 Å². The Morgan fingerprint density at radius 2 is 1.93 bits per heavy atom. The maximum Gasteiger partial charge on any atom is 0.272 e. The van der Waals surface area contributed by atoms with E-state index in [1.807, 2.05) is 0 Å². The summed E-state index contributed by atoms with van der Waals surface area (Å²) in [5.41, 5.74) is 6.01. The predicted molar refractivity (Wildman–Crippen MR) is 120 cm³/mol. The highest BCUT2D eigenvalue weighted by Gasteiger charge is 2.27. The van der Waals surface area contributed by atoms with Gasteiger partial charge < -0.3 is 10.5 Å². The molecule has 2 aromatic rings. The molecular formula is C20H20BrCl2N3O4. The van der Waals surface area contributed by atoms with E-state index in [1.165, 1.54) is 18.2 Å². The number of benzene rings is 2. The third kappa shape index (κ3) is 5.63. The van der Waals surface area contributed by atoms with Crippen molar-refractivity contribution in [3.8, 4) is 5.75 Å². The number of nitrogens with two attached hydrogens (primary N) is 1. The average Bonchev–Trinajstić information content (AvgIpc) is 2.71. The van der Waals surface area contributed by atoms with E-state index in [1.54, 1.807) is 18.2 Å². The molecule has 2 N–H and O–H groups in total. The number of carbonyl (C=O) groups excluding carboxylic acids is 1. The fraction of sp³-hybridized carbons (Fsp3) is 0.350. The zero-order chi connectivity index (χ0) is 21.8. The first-order chi connectivity index (χ1) is 14.2. The number of nitro benzene ring substituents is 1. The number of hydrogen-bond acceptors (Lipinski definition) is 5. The summed E-state index contributed by atoms with van der Waals surface area (Å²) < 4.78 is 6.00. The zero-order valence-corrected chi connectivity index (χ0v) is 19.0. The van der Waals surface area contributed by atoms with E-state index in [0.717, 1.165) is 25.9 Å². The minimum Gasteiger partial charge on any atom is -0.490 e. The largest absolute Gasteiger partial charge is 0.490 e. The number of alkyl halides is 1. The summed E-state index contributed by atoms with van der Waals surface area (Å²) in [4.78, 5) is 24.4. The molecule has 1 saturated heterocycles. The topological polar surface area (TPSA) is 98.7 Å². The van der Waals surface area contributed by atoms with Gasteiger partial charge in [-0.3, -0.25) is 19.8 Å². The third-order valence-corrected chi connectivity index (χ3v) is 6.66. The summed E-state index contributed by atoms with van der Waals surface area (Å²) >= 11 is 15.6. The molecule has 1 aliphatic rings. The van der Waals surface area contributed by atoms with Crippen molar-refractivity contribution >= 4 is 50.7 Å². The van der Waals surface area contributed by atoms with Crippen LogP contribution in [0.25, 0.3) is 0 Å². The average molecular weight is 517 g/mol. The second kappa shape index (κ2) is 9.96. The van der Waals surface area contributed by atoms with Crippen LogP contribution in [0.4, 0.5) is 5.69 Å². The molecule has 7 nitrogen and oxygen atoms in total. The minimum atomic E-state index is -0.613. The van der Waals surface area contributed by atoms with Gasteiger partial charge in [-0.2, -0.15) is 0 Å². The highest BCUT2D eigenvalue weighted by atomic mass is 79.9. The van der Waals surface area contributed by atoms with Gasteiger partial charge in [-0.05, 0) is 37.1 Å². The molecule has 0 bridgehead atoms. The van der Waals surface area contributed by atoms with Crippen LogP contribution in [0.1, 0.15) is 28.8 Å². The van der Waals surface area contributed by atoms with Crippen LogP contribution in [0.15, 0.2) is 36.4 Å². The Kier molecular flexibility index (Phi) is 7.57. The van der Waals surface area contributed by atoms with Gasteiger partial charge in [0.05, 0.1) is 19.9 Å². The number of nitrogens with zero attached hydrogens (tertiary/aromatic N) is 2. The van der Waals surface area contributed by atoms with Crippen molar-refractivity contribution in [2.45, 2.75) is 30.3 Å². The molecule has 1 fully saturated rings. The quantitative estimate of drug-likeness (QED) is 0.246. The molecule has 0 aromatic heterocycles. The van der Waals surface area contributed by atoms with E-state index >= 15 is 0 Å². The smallest absolute Gasteiger partial charge is 0.272 e. The Hall–Kier alpha value is -1.87. The molecule has 0 radical (unpaired) electrons. The molecule has 1 heterocycles. The zero-order valence-electron chi connectivity index (χ0n) is 15.9. The van der Waals surface area contributed by atoms with Crippen LogP contribution in [0.2, 0.25) is 10.0 Å². The number of hydrogen-bond donors (Lipinski definition) is 1. The summed E-state index contributed by atoms with van der Waals surface area (Å²) in [7, 11) is 0. The molecule has 0 saturated carbocycles. The van der Waals surface area contributed by atoms with E-state index < -0.39 is 10.8 Å². The fourth-order valence-electron chi connectivity index (χ4n) is 3.41. The summed E-state index contributed by atoms with van der Waals surface area (Å²) in [6, 6.07) is 9.39. The maximum atomic E-state index is 11.4. The van der Waals surface area contributed by atoms with Crippen molar-refractivity contribution in [2.75, 3.05) is 13.1 Å². The first-order valence-corrected chi connectivity index (χ1v) is 11.0. The molecule has 30 heavy (non-hydrogen) atoms. The molecule has 1 atom stereocenters. The van der Waals surface area contributed by atoms with Crippen molar-refractivity contribution in [1.29, 1.82) is 0 Å². The summed E-state index contributed by atoms with van der Waals surface area (Å²) in [6.07, 6.45) is 2.01. The highest BCUT2D eigenvalue weighted by molar-refractivity contribution is 9.09. The molecule has 1 aliphatic heterocycles. The molecule has 160 valence electrons. The third-order valence-electron chi connectivity index (χ3n) is 5.02. The number of nitro groups is 1. The maximum absolute atomic E-state index is 11.4. The Labute approximate surface area is 192 Å². The lowest BCUT2D eigenvalue weighted by molar-refractivity contribution is -0.385. The lowest BCUT2D eigenvalue weighted by Crippen LogP contribution is -2.42. The van der Waals surface area contributed by atoms with Gasteiger partial charge >= 0.3 is 0 Å². The van der Waals surface area contributed by atoms with E-state index in [4.69, 9.17) is 33.7 Å². The molecule has 0 aliphatic carbocycles. The second-order valence-electron chi connectivity index (χ2n) is 7.03.